The molecule has 4 aromatic carbocycles. The fraction of sp³-hybridized carbons (Fsp3) is 0.143. The smallest absolute Gasteiger partial charge is 0.265 e. The third-order valence-electron chi connectivity index (χ3n) is 5.66. The van der Waals surface area contributed by atoms with Crippen LogP contribution < -0.4 is 14.9 Å². The van der Waals surface area contributed by atoms with Gasteiger partial charge < -0.3 is 9.47 Å². The maximum atomic E-state index is 5.84. The molecule has 5 rings (SSSR count). The van der Waals surface area contributed by atoms with Crippen LogP contribution in [0.3, 0.4) is 0 Å². The van der Waals surface area contributed by atoms with Gasteiger partial charge in [0.05, 0.1) is 25.6 Å². The molecule has 0 amide bonds. The van der Waals surface area contributed by atoms with Gasteiger partial charge in [0, 0.05) is 11.1 Å². The molecule has 8 heteroatoms. The minimum absolute atomic E-state index is 0.374. The summed E-state index contributed by atoms with van der Waals surface area (Å²) in [6.07, 6.45) is 5.00. The molecule has 0 aliphatic heterocycles. The highest BCUT2D eigenvalue weighted by atomic mass is 16.5. The lowest BCUT2D eigenvalue weighted by Gasteiger charge is -2.10. The number of fused-ring (bicyclic) bond motifs is 2. The number of ether oxygens (including phenoxy) is 2. The molecule has 0 atom stereocenters. The zero-order chi connectivity index (χ0) is 24.7. The molecular weight excluding hydrogens is 452 g/mol. The molecule has 0 aliphatic rings. The molecule has 8 nitrogen and oxygen atoms in total. The molecule has 5 aromatic rings. The van der Waals surface area contributed by atoms with E-state index in [2.05, 4.69) is 44.0 Å². The average Bonchev–Trinajstić information content (AvgIpc) is 3.36. The van der Waals surface area contributed by atoms with Gasteiger partial charge in [0.1, 0.15) is 17.8 Å². The van der Waals surface area contributed by atoms with E-state index in [0.29, 0.717) is 19.2 Å². The lowest BCUT2D eigenvalue weighted by atomic mass is 10.0. The predicted molar refractivity (Wildman–Crippen MR) is 144 cm³/mol. The Morgan fingerprint density at radius 3 is 1.97 bits per heavy atom. The minimum Gasteiger partial charge on any atom is -0.493 e. The number of hydrogen-bond acceptors (Lipinski definition) is 7. The van der Waals surface area contributed by atoms with Gasteiger partial charge in [-0.3, -0.25) is 0 Å². The molecule has 0 saturated heterocycles. The van der Waals surface area contributed by atoms with Crippen molar-refractivity contribution >= 4 is 39.9 Å². The van der Waals surface area contributed by atoms with Gasteiger partial charge in [0.15, 0.2) is 0 Å². The molecule has 0 spiro atoms. The Hall–Kier alpha value is -4.72. The third kappa shape index (κ3) is 4.74. The fourth-order valence-corrected chi connectivity index (χ4v) is 4.04. The Kier molecular flexibility index (Phi) is 6.84. The Bertz CT molecular complexity index is 1560. The van der Waals surface area contributed by atoms with Gasteiger partial charge in [-0.2, -0.15) is 14.9 Å². The SMILES string of the molecule is CCOc1ccc2ccccc2c1/C=N\Nc1nncn1/N=C\c1c(OCC)ccc2ccccc12. The van der Waals surface area contributed by atoms with Crippen LogP contribution in [0, 0.1) is 0 Å². The van der Waals surface area contributed by atoms with Gasteiger partial charge in [-0.05, 0) is 47.5 Å². The molecule has 0 bridgehead atoms. The zero-order valence-corrected chi connectivity index (χ0v) is 20.1. The molecule has 0 aliphatic carbocycles. The maximum absolute atomic E-state index is 5.84. The summed E-state index contributed by atoms with van der Waals surface area (Å²) in [6, 6.07) is 24.2. The molecule has 1 aromatic heterocycles. The second-order valence-electron chi connectivity index (χ2n) is 7.88. The van der Waals surface area contributed by atoms with Gasteiger partial charge in [-0.1, -0.05) is 60.7 Å². The van der Waals surface area contributed by atoms with Gasteiger partial charge in [-0.15, -0.1) is 10.2 Å². The highest BCUT2D eigenvalue weighted by molar-refractivity contribution is 6.03. The van der Waals surface area contributed by atoms with Gasteiger partial charge >= 0.3 is 0 Å². The van der Waals surface area contributed by atoms with Gasteiger partial charge in [-0.25, -0.2) is 5.43 Å². The van der Waals surface area contributed by atoms with Crippen molar-refractivity contribution in [2.24, 2.45) is 10.2 Å². The summed E-state index contributed by atoms with van der Waals surface area (Å²) in [5, 5.41) is 21.4. The van der Waals surface area contributed by atoms with Crippen LogP contribution in [0.2, 0.25) is 0 Å². The Labute approximate surface area is 208 Å². The highest BCUT2D eigenvalue weighted by Gasteiger charge is 2.09. The van der Waals surface area contributed by atoms with Crippen molar-refractivity contribution < 1.29 is 9.47 Å². The predicted octanol–water partition coefficient (Wildman–Crippen LogP) is 5.71. The van der Waals surface area contributed by atoms with Gasteiger partial charge in [0.2, 0.25) is 0 Å². The van der Waals surface area contributed by atoms with Crippen LogP contribution in [0.4, 0.5) is 5.95 Å². The van der Waals surface area contributed by atoms with Crippen molar-refractivity contribution in [1.82, 2.24) is 14.9 Å². The summed E-state index contributed by atoms with van der Waals surface area (Å²) in [5.41, 5.74) is 4.72. The van der Waals surface area contributed by atoms with Crippen molar-refractivity contribution in [3.63, 3.8) is 0 Å². The molecule has 1 heterocycles. The summed E-state index contributed by atoms with van der Waals surface area (Å²) in [7, 11) is 0. The highest BCUT2D eigenvalue weighted by Crippen LogP contribution is 2.28. The van der Waals surface area contributed by atoms with E-state index in [1.165, 1.54) is 11.0 Å². The number of benzene rings is 4. The molecule has 36 heavy (non-hydrogen) atoms. The van der Waals surface area contributed by atoms with Crippen molar-refractivity contribution in [3.8, 4) is 11.5 Å². The summed E-state index contributed by atoms with van der Waals surface area (Å²) in [4.78, 5) is 0. The van der Waals surface area contributed by atoms with Crippen LogP contribution in [0.5, 0.6) is 11.5 Å². The van der Waals surface area contributed by atoms with E-state index in [1.54, 1.807) is 12.4 Å². The quantitative estimate of drug-likeness (QED) is 0.217. The first-order chi connectivity index (χ1) is 17.8. The van der Waals surface area contributed by atoms with E-state index in [9.17, 15) is 0 Å². The van der Waals surface area contributed by atoms with Crippen LogP contribution in [-0.2, 0) is 0 Å². The topological polar surface area (TPSA) is 85.9 Å². The third-order valence-corrected chi connectivity index (χ3v) is 5.66. The summed E-state index contributed by atoms with van der Waals surface area (Å²) in [5.74, 6) is 1.90. The summed E-state index contributed by atoms with van der Waals surface area (Å²) >= 11 is 0. The summed E-state index contributed by atoms with van der Waals surface area (Å²) < 4.78 is 13.2. The van der Waals surface area contributed by atoms with Crippen LogP contribution in [0.15, 0.2) is 89.3 Å². The number of hydrogen-bond donors (Lipinski definition) is 1. The number of hydrazone groups is 1. The van der Waals surface area contributed by atoms with Crippen molar-refractivity contribution in [3.05, 3.63) is 90.3 Å². The molecule has 0 saturated carbocycles. The van der Waals surface area contributed by atoms with E-state index >= 15 is 0 Å². The number of aromatic nitrogens is 3. The zero-order valence-electron chi connectivity index (χ0n) is 20.1. The standard InChI is InChI=1S/C28H26N6O2/c1-3-35-26-15-13-20-9-5-7-11-22(20)24(26)17-29-32-28-33-30-19-34(28)31-18-25-23-12-8-6-10-21(23)14-16-27(25)36-4-2/h5-19H,3-4H2,1-2H3,(H,32,33)/b29-17-,31-18-. The number of anilines is 1. The number of nitrogens with zero attached hydrogens (tertiary/aromatic N) is 5. The monoisotopic (exact) mass is 478 g/mol. The first-order valence-corrected chi connectivity index (χ1v) is 11.8. The average molecular weight is 479 g/mol. The van der Waals surface area contributed by atoms with Crippen LogP contribution >= 0.6 is 0 Å². The van der Waals surface area contributed by atoms with E-state index in [-0.39, 0.29) is 0 Å². The minimum atomic E-state index is 0.374. The molecule has 180 valence electrons. The second-order valence-corrected chi connectivity index (χ2v) is 7.88. The lowest BCUT2D eigenvalue weighted by molar-refractivity contribution is 0.340. The van der Waals surface area contributed by atoms with E-state index in [4.69, 9.17) is 9.47 Å². The van der Waals surface area contributed by atoms with E-state index < -0.39 is 0 Å². The van der Waals surface area contributed by atoms with Crippen molar-refractivity contribution in [2.45, 2.75) is 13.8 Å². The van der Waals surface area contributed by atoms with E-state index in [1.807, 2.05) is 68.4 Å². The lowest BCUT2D eigenvalue weighted by Crippen LogP contribution is -2.02. The molecule has 1 N–H and O–H groups in total. The fourth-order valence-electron chi connectivity index (χ4n) is 4.04. The van der Waals surface area contributed by atoms with Crippen molar-refractivity contribution in [2.75, 3.05) is 18.6 Å². The van der Waals surface area contributed by atoms with Crippen LogP contribution in [0.1, 0.15) is 25.0 Å². The Morgan fingerprint density at radius 1 is 0.778 bits per heavy atom. The van der Waals surface area contributed by atoms with Crippen LogP contribution in [0.25, 0.3) is 21.5 Å². The maximum Gasteiger partial charge on any atom is 0.265 e. The molecular formula is C28H26N6O2. The molecule has 0 unspecified atom stereocenters. The first-order valence-electron chi connectivity index (χ1n) is 11.8. The van der Waals surface area contributed by atoms with Crippen LogP contribution in [-0.4, -0.2) is 40.5 Å². The number of nitrogens with one attached hydrogen (secondary N) is 1. The van der Waals surface area contributed by atoms with Gasteiger partial charge in [0.25, 0.3) is 5.95 Å². The largest absolute Gasteiger partial charge is 0.493 e. The second kappa shape index (κ2) is 10.7. The first kappa shape index (κ1) is 23.0. The molecule has 0 fully saturated rings. The normalized spacial score (nSPS) is 11.6. The number of rotatable bonds is 9. The summed E-state index contributed by atoms with van der Waals surface area (Å²) in [6.45, 7) is 5.05. The van der Waals surface area contributed by atoms with Crippen molar-refractivity contribution in [1.29, 1.82) is 0 Å². The Morgan fingerprint density at radius 2 is 1.36 bits per heavy atom. The Balaban J connectivity index is 1.43. The molecule has 0 radical (unpaired) electrons. The van der Waals surface area contributed by atoms with E-state index in [0.717, 1.165) is 44.2 Å².